The molecule has 1 aromatic carbocycles. The van der Waals surface area contributed by atoms with E-state index in [0.29, 0.717) is 0 Å². The molecule has 1 rings (SSSR count). The second-order valence-electron chi connectivity index (χ2n) is 3.71. The fourth-order valence-electron chi connectivity index (χ4n) is 1.68. The fraction of sp³-hybridized carbons (Fsp3) is 0.417. The van der Waals surface area contributed by atoms with Gasteiger partial charge in [-0.15, -0.1) is 0 Å². The molecule has 0 aromatic heterocycles. The van der Waals surface area contributed by atoms with Gasteiger partial charge in [-0.2, -0.15) is 0 Å². The number of carboxylic acids is 1. The van der Waals surface area contributed by atoms with Crippen molar-refractivity contribution in [1.29, 1.82) is 0 Å². The lowest BCUT2D eigenvalue weighted by atomic mass is 10.1. The van der Waals surface area contributed by atoms with Crippen LogP contribution >= 0.6 is 7.60 Å². The van der Waals surface area contributed by atoms with E-state index in [0.717, 1.165) is 0 Å². The molecule has 0 aliphatic carbocycles. The summed E-state index contributed by atoms with van der Waals surface area (Å²) >= 11 is 0. The molecule has 0 fully saturated rings. The van der Waals surface area contributed by atoms with E-state index >= 15 is 0 Å². The third kappa shape index (κ3) is 3.64. The van der Waals surface area contributed by atoms with Crippen molar-refractivity contribution in [1.82, 2.24) is 0 Å². The van der Waals surface area contributed by atoms with Gasteiger partial charge in [0, 0.05) is 0 Å². The van der Waals surface area contributed by atoms with Crippen LogP contribution in [0, 0.1) is 0 Å². The highest BCUT2D eigenvalue weighted by atomic mass is 31.2. The highest BCUT2D eigenvalue weighted by Gasteiger charge is 2.35. The van der Waals surface area contributed by atoms with Crippen molar-refractivity contribution in [3.05, 3.63) is 35.4 Å². The Kier molecular flexibility index (Phi) is 5.69. The Morgan fingerprint density at radius 1 is 1.32 bits per heavy atom. The first kappa shape index (κ1) is 15.9. The lowest BCUT2D eigenvalue weighted by molar-refractivity contribution is 0.0695. The van der Waals surface area contributed by atoms with Gasteiger partial charge in [-0.1, -0.05) is 18.2 Å². The second-order valence-corrected chi connectivity index (χ2v) is 5.87. The van der Waals surface area contributed by atoms with E-state index in [-0.39, 0.29) is 24.3 Å². The van der Waals surface area contributed by atoms with E-state index in [1.807, 2.05) is 0 Å². The van der Waals surface area contributed by atoms with Crippen LogP contribution in [0.5, 0.6) is 0 Å². The zero-order valence-corrected chi connectivity index (χ0v) is 11.8. The standard InChI is InChI=1S/C12H18NO5P/c1-3-17-19(16,18-4-2)11(13)9-7-5-6-8-10(9)12(14)15/h5-8,11H,3-4,13H2,1-2H3,(H,14,15)/t11-/m0/s1. The number of carboxylic acid groups (broad SMARTS) is 1. The van der Waals surface area contributed by atoms with Crippen LogP contribution in [0.1, 0.15) is 35.6 Å². The highest BCUT2D eigenvalue weighted by molar-refractivity contribution is 7.54. The topological polar surface area (TPSA) is 98.9 Å². The third-order valence-corrected chi connectivity index (χ3v) is 4.66. The van der Waals surface area contributed by atoms with Gasteiger partial charge in [0.1, 0.15) is 5.78 Å². The molecule has 19 heavy (non-hydrogen) atoms. The number of hydrogen-bond acceptors (Lipinski definition) is 5. The maximum absolute atomic E-state index is 12.5. The summed E-state index contributed by atoms with van der Waals surface area (Å²) < 4.78 is 22.8. The number of hydrogen-bond donors (Lipinski definition) is 2. The Labute approximate surface area is 112 Å². The number of benzene rings is 1. The zero-order chi connectivity index (χ0) is 14.5. The van der Waals surface area contributed by atoms with Crippen molar-refractivity contribution >= 4 is 13.6 Å². The monoisotopic (exact) mass is 287 g/mol. The number of carbonyl (C=O) groups is 1. The molecule has 0 saturated heterocycles. The van der Waals surface area contributed by atoms with Crippen LogP contribution in [-0.4, -0.2) is 24.3 Å². The van der Waals surface area contributed by atoms with Gasteiger partial charge >= 0.3 is 13.6 Å². The average Bonchev–Trinajstić information content (AvgIpc) is 2.38. The van der Waals surface area contributed by atoms with Crippen molar-refractivity contribution in [2.75, 3.05) is 13.2 Å². The summed E-state index contributed by atoms with van der Waals surface area (Å²) in [5.74, 6) is -2.26. The maximum atomic E-state index is 12.5. The molecule has 6 nitrogen and oxygen atoms in total. The SMILES string of the molecule is CCOP(=O)(OCC)[C@H](N)c1ccccc1C(=O)O. The molecule has 1 aromatic rings. The zero-order valence-electron chi connectivity index (χ0n) is 10.9. The Hall–Kier alpha value is -1.20. The fourth-order valence-corrected chi connectivity index (χ4v) is 3.36. The van der Waals surface area contributed by atoms with Crippen LogP contribution in [0.15, 0.2) is 24.3 Å². The summed E-state index contributed by atoms with van der Waals surface area (Å²) in [6.45, 7) is 3.67. The van der Waals surface area contributed by atoms with Crippen LogP contribution in [0.25, 0.3) is 0 Å². The highest BCUT2D eigenvalue weighted by Crippen LogP contribution is 2.58. The minimum absolute atomic E-state index is 0.00497. The van der Waals surface area contributed by atoms with Gasteiger partial charge in [-0.05, 0) is 25.5 Å². The molecular formula is C12H18NO5P. The van der Waals surface area contributed by atoms with Gasteiger partial charge in [0.15, 0.2) is 0 Å². The van der Waals surface area contributed by atoms with Crippen LogP contribution < -0.4 is 5.73 Å². The van der Waals surface area contributed by atoms with E-state index in [4.69, 9.17) is 19.9 Å². The van der Waals surface area contributed by atoms with Gasteiger partial charge < -0.3 is 19.9 Å². The Morgan fingerprint density at radius 2 is 1.84 bits per heavy atom. The Bertz CT molecular complexity index is 481. The predicted octanol–water partition coefficient (Wildman–Crippen LogP) is 2.61. The average molecular weight is 287 g/mol. The van der Waals surface area contributed by atoms with Crippen molar-refractivity contribution in [2.45, 2.75) is 19.6 Å². The molecule has 106 valence electrons. The van der Waals surface area contributed by atoms with Gasteiger partial charge in [-0.25, -0.2) is 4.79 Å². The first-order valence-electron chi connectivity index (χ1n) is 5.92. The number of nitrogens with two attached hydrogens (primary N) is 1. The lowest BCUT2D eigenvalue weighted by Gasteiger charge is -2.24. The molecule has 0 saturated carbocycles. The minimum Gasteiger partial charge on any atom is -0.478 e. The quantitative estimate of drug-likeness (QED) is 0.748. The normalized spacial score (nSPS) is 13.2. The molecule has 0 unspecified atom stereocenters. The van der Waals surface area contributed by atoms with Gasteiger partial charge in [0.25, 0.3) is 0 Å². The molecule has 0 bridgehead atoms. The molecule has 1 atom stereocenters. The van der Waals surface area contributed by atoms with Crippen molar-refractivity contribution in [3.8, 4) is 0 Å². The summed E-state index contributed by atoms with van der Waals surface area (Å²) in [5, 5.41) is 9.11. The molecule has 0 spiro atoms. The van der Waals surface area contributed by atoms with Crippen molar-refractivity contribution in [2.24, 2.45) is 5.73 Å². The van der Waals surface area contributed by atoms with Crippen LogP contribution in [-0.2, 0) is 13.6 Å². The molecule has 0 aliphatic heterocycles. The van der Waals surface area contributed by atoms with E-state index in [2.05, 4.69) is 0 Å². The van der Waals surface area contributed by atoms with Crippen LogP contribution in [0.3, 0.4) is 0 Å². The first-order valence-corrected chi connectivity index (χ1v) is 7.54. The van der Waals surface area contributed by atoms with Crippen LogP contribution in [0.4, 0.5) is 0 Å². The smallest absolute Gasteiger partial charge is 0.351 e. The third-order valence-electron chi connectivity index (χ3n) is 2.47. The maximum Gasteiger partial charge on any atom is 0.351 e. The number of rotatable bonds is 7. The lowest BCUT2D eigenvalue weighted by Crippen LogP contribution is -2.18. The van der Waals surface area contributed by atoms with E-state index in [9.17, 15) is 9.36 Å². The second kappa shape index (κ2) is 6.82. The molecule has 0 radical (unpaired) electrons. The molecule has 0 aliphatic rings. The summed E-state index contributed by atoms with van der Waals surface area (Å²) in [5.41, 5.74) is 6.14. The van der Waals surface area contributed by atoms with Crippen LogP contribution in [0.2, 0.25) is 0 Å². The Morgan fingerprint density at radius 3 is 2.32 bits per heavy atom. The van der Waals surface area contributed by atoms with Gasteiger partial charge in [-0.3, -0.25) is 4.57 Å². The molecule has 0 heterocycles. The summed E-state index contributed by atoms with van der Waals surface area (Å²) in [4.78, 5) is 11.1. The van der Waals surface area contributed by atoms with Gasteiger partial charge in [0.2, 0.25) is 0 Å². The minimum atomic E-state index is -3.58. The van der Waals surface area contributed by atoms with Crippen molar-refractivity contribution in [3.63, 3.8) is 0 Å². The first-order chi connectivity index (χ1) is 8.96. The van der Waals surface area contributed by atoms with E-state index in [1.54, 1.807) is 26.0 Å². The number of aromatic carboxylic acids is 1. The van der Waals surface area contributed by atoms with Crippen molar-refractivity contribution < 1.29 is 23.5 Å². The molecular weight excluding hydrogens is 269 g/mol. The molecule has 0 amide bonds. The summed E-state index contributed by atoms with van der Waals surface area (Å²) in [6, 6.07) is 6.12. The largest absolute Gasteiger partial charge is 0.478 e. The summed E-state index contributed by atoms with van der Waals surface area (Å²) in [6.07, 6.45) is 0. The van der Waals surface area contributed by atoms with E-state index < -0.39 is 19.3 Å². The Balaban J connectivity index is 3.20. The predicted molar refractivity (Wildman–Crippen MR) is 71.2 cm³/mol. The van der Waals surface area contributed by atoms with E-state index in [1.165, 1.54) is 12.1 Å². The molecule has 7 heteroatoms. The van der Waals surface area contributed by atoms with Gasteiger partial charge in [0.05, 0.1) is 18.8 Å². The summed E-state index contributed by atoms with van der Waals surface area (Å²) in [7, 11) is -3.58. The molecule has 3 N–H and O–H groups in total.